The molecule has 19 heavy (non-hydrogen) atoms. The maximum atomic E-state index is 11.5. The molecule has 1 unspecified atom stereocenters. The molecule has 104 valence electrons. The maximum absolute atomic E-state index is 11.5. The Morgan fingerprint density at radius 3 is 2.74 bits per heavy atom. The Morgan fingerprint density at radius 1 is 1.47 bits per heavy atom. The van der Waals surface area contributed by atoms with Crippen molar-refractivity contribution < 1.29 is 19.4 Å². The predicted molar refractivity (Wildman–Crippen MR) is 69.1 cm³/mol. The van der Waals surface area contributed by atoms with Crippen molar-refractivity contribution in [2.75, 3.05) is 19.0 Å². The van der Waals surface area contributed by atoms with E-state index in [4.69, 9.17) is 9.84 Å². The highest BCUT2D eigenvalue weighted by Crippen LogP contribution is 2.06. The smallest absolute Gasteiger partial charge is 0.319 e. The predicted octanol–water partition coefficient (Wildman–Crippen LogP) is 0.865. The van der Waals surface area contributed by atoms with Crippen LogP contribution in [0.4, 0.5) is 10.5 Å². The number of carboxylic acid groups (broad SMARTS) is 1. The lowest BCUT2D eigenvalue weighted by molar-refractivity contribution is -0.136. The Kier molecular flexibility index (Phi) is 5.74. The van der Waals surface area contributed by atoms with E-state index in [9.17, 15) is 9.59 Å². The molecule has 0 aromatic carbocycles. The number of hydrogen-bond donors (Lipinski definition) is 3. The van der Waals surface area contributed by atoms with Crippen molar-refractivity contribution >= 4 is 17.7 Å². The number of anilines is 1. The minimum Gasteiger partial charge on any atom is -0.481 e. The summed E-state index contributed by atoms with van der Waals surface area (Å²) in [5, 5.41) is 13.8. The Morgan fingerprint density at radius 2 is 2.21 bits per heavy atom. The first-order chi connectivity index (χ1) is 9.01. The lowest BCUT2D eigenvalue weighted by Crippen LogP contribution is -2.34. The summed E-state index contributed by atoms with van der Waals surface area (Å²) < 4.78 is 4.99. The summed E-state index contributed by atoms with van der Waals surface area (Å²) in [4.78, 5) is 25.9. The highest BCUT2D eigenvalue weighted by Gasteiger charge is 2.06. The van der Waals surface area contributed by atoms with Crippen molar-refractivity contribution in [1.82, 2.24) is 10.3 Å². The minimum absolute atomic E-state index is 0.0678. The van der Waals surface area contributed by atoms with Crippen LogP contribution in [0.1, 0.15) is 12.6 Å². The zero-order chi connectivity index (χ0) is 14.3. The third-order valence-electron chi connectivity index (χ3n) is 2.37. The van der Waals surface area contributed by atoms with E-state index in [0.717, 1.165) is 0 Å². The molecular formula is C12H17N3O4. The van der Waals surface area contributed by atoms with Gasteiger partial charge in [0.1, 0.15) is 0 Å². The average Bonchev–Trinajstić information content (AvgIpc) is 2.37. The zero-order valence-corrected chi connectivity index (χ0v) is 10.8. The quantitative estimate of drug-likeness (QED) is 0.710. The first-order valence-corrected chi connectivity index (χ1v) is 5.75. The first kappa shape index (κ1) is 14.9. The number of carboxylic acids is 1. The SMILES string of the molecule is COC(C)CNC(=O)Nc1ccc(CC(=O)O)nc1. The molecule has 1 aromatic rings. The van der Waals surface area contributed by atoms with Gasteiger partial charge < -0.3 is 20.5 Å². The molecule has 7 heteroatoms. The number of carbonyl (C=O) groups excluding carboxylic acids is 1. The number of pyridine rings is 1. The molecule has 0 aliphatic heterocycles. The number of amides is 2. The zero-order valence-electron chi connectivity index (χ0n) is 10.8. The molecule has 0 aliphatic carbocycles. The summed E-state index contributed by atoms with van der Waals surface area (Å²) in [7, 11) is 1.56. The van der Waals surface area contributed by atoms with E-state index in [1.54, 1.807) is 19.2 Å². The largest absolute Gasteiger partial charge is 0.481 e. The van der Waals surface area contributed by atoms with Gasteiger partial charge in [0.05, 0.1) is 30.1 Å². The van der Waals surface area contributed by atoms with Crippen LogP contribution in [-0.4, -0.2) is 41.8 Å². The highest BCUT2D eigenvalue weighted by molar-refractivity contribution is 5.89. The van der Waals surface area contributed by atoms with Gasteiger partial charge in [-0.3, -0.25) is 9.78 Å². The van der Waals surface area contributed by atoms with Crippen molar-refractivity contribution in [3.05, 3.63) is 24.0 Å². The van der Waals surface area contributed by atoms with Crippen LogP contribution in [0.5, 0.6) is 0 Å². The highest BCUT2D eigenvalue weighted by atomic mass is 16.5. The summed E-state index contributed by atoms with van der Waals surface area (Å²) in [6, 6.07) is 2.79. The number of aliphatic carboxylic acids is 1. The van der Waals surface area contributed by atoms with Gasteiger partial charge in [0, 0.05) is 13.7 Å². The van der Waals surface area contributed by atoms with Crippen LogP contribution >= 0.6 is 0 Å². The number of ether oxygens (including phenoxy) is 1. The maximum Gasteiger partial charge on any atom is 0.319 e. The second kappa shape index (κ2) is 7.32. The number of carbonyl (C=O) groups is 2. The monoisotopic (exact) mass is 267 g/mol. The lowest BCUT2D eigenvalue weighted by Gasteiger charge is -2.11. The second-order valence-electron chi connectivity index (χ2n) is 3.99. The fourth-order valence-corrected chi connectivity index (χ4v) is 1.25. The normalized spacial score (nSPS) is 11.7. The fourth-order valence-electron chi connectivity index (χ4n) is 1.25. The summed E-state index contributed by atoms with van der Waals surface area (Å²) in [5.41, 5.74) is 0.933. The number of nitrogens with one attached hydrogen (secondary N) is 2. The Hall–Kier alpha value is -2.15. The van der Waals surface area contributed by atoms with Crippen LogP contribution in [0.15, 0.2) is 18.3 Å². The van der Waals surface area contributed by atoms with Gasteiger partial charge in [-0.15, -0.1) is 0 Å². The van der Waals surface area contributed by atoms with Crippen molar-refractivity contribution in [2.24, 2.45) is 0 Å². The molecule has 2 amide bonds. The number of aromatic nitrogens is 1. The van der Waals surface area contributed by atoms with Gasteiger partial charge in [0.25, 0.3) is 0 Å². The van der Waals surface area contributed by atoms with E-state index in [-0.39, 0.29) is 18.6 Å². The van der Waals surface area contributed by atoms with Crippen LogP contribution in [0.3, 0.4) is 0 Å². The molecule has 1 heterocycles. The molecule has 0 saturated heterocycles. The third-order valence-corrected chi connectivity index (χ3v) is 2.37. The van der Waals surface area contributed by atoms with Gasteiger partial charge in [-0.2, -0.15) is 0 Å². The summed E-state index contributed by atoms with van der Waals surface area (Å²) >= 11 is 0. The number of urea groups is 1. The molecular weight excluding hydrogens is 250 g/mol. The summed E-state index contributed by atoms with van der Waals surface area (Å²) in [6.07, 6.45) is 1.21. The number of rotatable bonds is 6. The van der Waals surface area contributed by atoms with Crippen LogP contribution < -0.4 is 10.6 Å². The molecule has 7 nitrogen and oxygen atoms in total. The Bertz CT molecular complexity index is 433. The number of methoxy groups -OCH3 is 1. The molecule has 1 atom stereocenters. The Balaban J connectivity index is 2.44. The molecule has 0 radical (unpaired) electrons. The molecule has 1 rings (SSSR count). The third kappa shape index (κ3) is 5.82. The number of hydrogen-bond acceptors (Lipinski definition) is 4. The van der Waals surface area contributed by atoms with Gasteiger partial charge in [-0.1, -0.05) is 0 Å². The van der Waals surface area contributed by atoms with E-state index in [2.05, 4.69) is 15.6 Å². The fraction of sp³-hybridized carbons (Fsp3) is 0.417. The average molecular weight is 267 g/mol. The molecule has 0 spiro atoms. The molecule has 0 bridgehead atoms. The molecule has 0 saturated carbocycles. The molecule has 3 N–H and O–H groups in total. The topological polar surface area (TPSA) is 101 Å². The van der Waals surface area contributed by atoms with E-state index in [0.29, 0.717) is 17.9 Å². The minimum atomic E-state index is -0.945. The van der Waals surface area contributed by atoms with Crippen LogP contribution in [0.2, 0.25) is 0 Å². The first-order valence-electron chi connectivity index (χ1n) is 5.75. The van der Waals surface area contributed by atoms with Gasteiger partial charge in [-0.25, -0.2) is 4.79 Å². The van der Waals surface area contributed by atoms with E-state index in [1.165, 1.54) is 6.20 Å². The lowest BCUT2D eigenvalue weighted by atomic mass is 10.2. The van der Waals surface area contributed by atoms with Crippen LogP contribution in [-0.2, 0) is 16.0 Å². The van der Waals surface area contributed by atoms with Gasteiger partial charge in [-0.05, 0) is 19.1 Å². The van der Waals surface area contributed by atoms with Crippen molar-refractivity contribution in [1.29, 1.82) is 0 Å². The van der Waals surface area contributed by atoms with Crippen molar-refractivity contribution in [3.63, 3.8) is 0 Å². The number of nitrogens with zero attached hydrogens (tertiary/aromatic N) is 1. The van der Waals surface area contributed by atoms with Crippen molar-refractivity contribution in [3.8, 4) is 0 Å². The van der Waals surface area contributed by atoms with E-state index in [1.807, 2.05) is 6.92 Å². The second-order valence-corrected chi connectivity index (χ2v) is 3.99. The van der Waals surface area contributed by atoms with E-state index < -0.39 is 5.97 Å². The molecule has 1 aromatic heterocycles. The van der Waals surface area contributed by atoms with Gasteiger partial charge >= 0.3 is 12.0 Å². The Labute approximate surface area is 111 Å². The van der Waals surface area contributed by atoms with Crippen LogP contribution in [0.25, 0.3) is 0 Å². The van der Waals surface area contributed by atoms with Crippen molar-refractivity contribution in [2.45, 2.75) is 19.4 Å². The summed E-state index contributed by atoms with van der Waals surface area (Å²) in [5.74, 6) is -0.945. The van der Waals surface area contributed by atoms with E-state index >= 15 is 0 Å². The van der Waals surface area contributed by atoms with Gasteiger partial charge in [0.15, 0.2) is 0 Å². The summed E-state index contributed by atoms with van der Waals surface area (Å²) in [6.45, 7) is 2.23. The molecule has 0 fully saturated rings. The van der Waals surface area contributed by atoms with Crippen LogP contribution in [0, 0.1) is 0 Å². The van der Waals surface area contributed by atoms with Gasteiger partial charge in [0.2, 0.25) is 0 Å². The standard InChI is InChI=1S/C12H17N3O4/c1-8(19-2)6-14-12(18)15-10-4-3-9(13-7-10)5-11(16)17/h3-4,7-8H,5-6H2,1-2H3,(H,16,17)(H2,14,15,18). The molecule has 0 aliphatic rings.